The number of benzene rings is 2. The largest absolute Gasteiger partial charge is 0.0654 e. The molecule has 0 nitrogen and oxygen atoms in total. The van der Waals surface area contributed by atoms with E-state index in [0.29, 0.717) is 0 Å². The standard InChI is InChI=1S/C32H46/c1-3-5-25-7-11-27(12-8-25)23-29-15-19-31(20-16-29)32-21-17-30(18-22-32)24-28-13-9-26(6-4-2)10-14-28/h15-22,25-28H,3-14,23-24H2,1-2H3/t25-,26-,27-,28-. The second-order valence-electron chi connectivity index (χ2n) is 11.2. The van der Waals surface area contributed by atoms with Crippen molar-refractivity contribution in [2.75, 3.05) is 0 Å². The molecule has 4 rings (SSSR count). The lowest BCUT2D eigenvalue weighted by Crippen LogP contribution is -2.16. The molecule has 0 N–H and O–H groups in total. The first-order valence-electron chi connectivity index (χ1n) is 13.9. The molecule has 0 aromatic heterocycles. The van der Waals surface area contributed by atoms with Gasteiger partial charge in [-0.2, -0.15) is 0 Å². The van der Waals surface area contributed by atoms with Gasteiger partial charge < -0.3 is 0 Å². The van der Waals surface area contributed by atoms with Crippen molar-refractivity contribution < 1.29 is 0 Å². The van der Waals surface area contributed by atoms with Crippen molar-refractivity contribution in [3.8, 4) is 11.1 Å². The molecule has 0 radical (unpaired) electrons. The Bertz CT molecular complexity index is 698. The minimum Gasteiger partial charge on any atom is -0.0654 e. The minimum atomic E-state index is 0.908. The third kappa shape index (κ3) is 6.72. The zero-order valence-electron chi connectivity index (χ0n) is 20.8. The minimum absolute atomic E-state index is 0.908. The van der Waals surface area contributed by atoms with Crippen molar-refractivity contribution in [1.29, 1.82) is 0 Å². The molecule has 0 aliphatic heterocycles. The van der Waals surface area contributed by atoms with Gasteiger partial charge in [-0.15, -0.1) is 0 Å². The van der Waals surface area contributed by atoms with Gasteiger partial charge in [-0.05, 0) is 84.5 Å². The molecule has 0 spiro atoms. The van der Waals surface area contributed by atoms with Crippen LogP contribution < -0.4 is 0 Å². The lowest BCUT2D eigenvalue weighted by Gasteiger charge is -2.28. The van der Waals surface area contributed by atoms with Crippen LogP contribution in [0.4, 0.5) is 0 Å². The number of hydrogen-bond donors (Lipinski definition) is 0. The summed E-state index contributed by atoms with van der Waals surface area (Å²) in [5, 5.41) is 0. The Labute approximate surface area is 198 Å². The molecule has 2 saturated carbocycles. The summed E-state index contributed by atoms with van der Waals surface area (Å²) in [7, 11) is 0. The fourth-order valence-corrected chi connectivity index (χ4v) is 6.60. The normalized spacial score (nSPS) is 26.2. The van der Waals surface area contributed by atoms with Gasteiger partial charge in [0.25, 0.3) is 0 Å². The van der Waals surface area contributed by atoms with Crippen LogP contribution in [0.2, 0.25) is 0 Å². The van der Waals surface area contributed by atoms with E-state index in [9.17, 15) is 0 Å². The van der Waals surface area contributed by atoms with E-state index < -0.39 is 0 Å². The summed E-state index contributed by atoms with van der Waals surface area (Å²) in [5.41, 5.74) is 5.80. The van der Waals surface area contributed by atoms with Gasteiger partial charge in [-0.3, -0.25) is 0 Å². The summed E-state index contributed by atoms with van der Waals surface area (Å²) in [6.07, 6.45) is 19.8. The van der Waals surface area contributed by atoms with Crippen molar-refractivity contribution in [3.63, 3.8) is 0 Å². The quantitative estimate of drug-likeness (QED) is 0.371. The average Bonchev–Trinajstić information content (AvgIpc) is 2.83. The van der Waals surface area contributed by atoms with E-state index in [1.807, 2.05) is 0 Å². The van der Waals surface area contributed by atoms with Crippen LogP contribution in [0, 0.1) is 23.7 Å². The molecule has 0 heterocycles. The van der Waals surface area contributed by atoms with E-state index in [1.165, 1.54) is 112 Å². The molecule has 0 bridgehead atoms. The summed E-state index contributed by atoms with van der Waals surface area (Å²) in [5.74, 6) is 3.84. The maximum atomic E-state index is 2.39. The second kappa shape index (κ2) is 12.1. The van der Waals surface area contributed by atoms with Gasteiger partial charge in [0.1, 0.15) is 0 Å². The third-order valence-electron chi connectivity index (χ3n) is 8.62. The Balaban J connectivity index is 1.25. The third-order valence-corrected chi connectivity index (χ3v) is 8.62. The van der Waals surface area contributed by atoms with E-state index in [4.69, 9.17) is 0 Å². The van der Waals surface area contributed by atoms with Gasteiger partial charge in [0.15, 0.2) is 0 Å². The molecule has 0 atom stereocenters. The van der Waals surface area contributed by atoms with Gasteiger partial charge in [-0.1, -0.05) is 114 Å². The first kappa shape index (κ1) is 23.6. The van der Waals surface area contributed by atoms with Crippen molar-refractivity contribution in [2.24, 2.45) is 23.7 Å². The van der Waals surface area contributed by atoms with Crippen molar-refractivity contribution >= 4 is 0 Å². The average molecular weight is 431 g/mol. The highest BCUT2D eigenvalue weighted by atomic mass is 14.3. The van der Waals surface area contributed by atoms with Gasteiger partial charge in [-0.25, -0.2) is 0 Å². The summed E-state index contributed by atoms with van der Waals surface area (Å²) in [6.45, 7) is 4.67. The van der Waals surface area contributed by atoms with Crippen LogP contribution in [0.25, 0.3) is 11.1 Å². The maximum Gasteiger partial charge on any atom is -0.0184 e. The van der Waals surface area contributed by atoms with Crippen LogP contribution in [0.5, 0.6) is 0 Å². The number of hydrogen-bond acceptors (Lipinski definition) is 0. The van der Waals surface area contributed by atoms with Crippen LogP contribution in [0.3, 0.4) is 0 Å². The Hall–Kier alpha value is -1.56. The maximum absolute atomic E-state index is 2.39. The van der Waals surface area contributed by atoms with Gasteiger partial charge in [0.2, 0.25) is 0 Å². The molecule has 174 valence electrons. The molecule has 2 aromatic carbocycles. The van der Waals surface area contributed by atoms with Crippen LogP contribution in [-0.2, 0) is 12.8 Å². The van der Waals surface area contributed by atoms with E-state index in [0.717, 1.165) is 23.7 Å². The molecular weight excluding hydrogens is 384 g/mol. The molecule has 2 aliphatic carbocycles. The van der Waals surface area contributed by atoms with Gasteiger partial charge >= 0.3 is 0 Å². The van der Waals surface area contributed by atoms with Gasteiger partial charge in [0, 0.05) is 0 Å². The summed E-state index contributed by atoms with van der Waals surface area (Å²) >= 11 is 0. The Morgan fingerprint density at radius 1 is 0.469 bits per heavy atom. The molecule has 0 saturated heterocycles. The SMILES string of the molecule is CCC[C@H]1CC[C@H](Cc2ccc(-c3ccc(C[C@H]4CC[C@H](CCC)CC4)cc3)cc2)CC1. The molecule has 2 aliphatic rings. The molecule has 2 fully saturated rings. The Kier molecular flexibility index (Phi) is 8.89. The summed E-state index contributed by atoms with van der Waals surface area (Å²) < 4.78 is 0. The smallest absolute Gasteiger partial charge is 0.0184 e. The zero-order valence-corrected chi connectivity index (χ0v) is 20.8. The summed E-state index contributed by atoms with van der Waals surface area (Å²) in [6, 6.07) is 18.9. The summed E-state index contributed by atoms with van der Waals surface area (Å²) in [4.78, 5) is 0. The Morgan fingerprint density at radius 3 is 1.09 bits per heavy atom. The second-order valence-corrected chi connectivity index (χ2v) is 11.2. The van der Waals surface area contributed by atoms with Gasteiger partial charge in [0.05, 0.1) is 0 Å². The van der Waals surface area contributed by atoms with Crippen LogP contribution in [-0.4, -0.2) is 0 Å². The number of rotatable bonds is 9. The lowest BCUT2D eigenvalue weighted by molar-refractivity contribution is 0.261. The van der Waals surface area contributed by atoms with Crippen LogP contribution >= 0.6 is 0 Å². The van der Waals surface area contributed by atoms with Crippen molar-refractivity contribution in [3.05, 3.63) is 59.7 Å². The molecule has 0 unspecified atom stereocenters. The highest BCUT2D eigenvalue weighted by Gasteiger charge is 2.21. The first-order chi connectivity index (χ1) is 15.7. The van der Waals surface area contributed by atoms with E-state index in [1.54, 1.807) is 0 Å². The zero-order chi connectivity index (χ0) is 22.2. The van der Waals surface area contributed by atoms with Crippen LogP contribution in [0.1, 0.15) is 102 Å². The predicted octanol–water partition coefficient (Wildman–Crippen LogP) is 9.65. The Morgan fingerprint density at radius 2 is 0.781 bits per heavy atom. The van der Waals surface area contributed by atoms with E-state index >= 15 is 0 Å². The molecule has 2 aromatic rings. The monoisotopic (exact) mass is 430 g/mol. The fourth-order valence-electron chi connectivity index (χ4n) is 6.60. The predicted molar refractivity (Wildman–Crippen MR) is 140 cm³/mol. The van der Waals surface area contributed by atoms with Crippen molar-refractivity contribution in [2.45, 2.75) is 104 Å². The lowest BCUT2D eigenvalue weighted by atomic mass is 9.77. The van der Waals surface area contributed by atoms with E-state index in [-0.39, 0.29) is 0 Å². The van der Waals surface area contributed by atoms with E-state index in [2.05, 4.69) is 62.4 Å². The fraction of sp³-hybridized carbons (Fsp3) is 0.625. The topological polar surface area (TPSA) is 0 Å². The molecule has 0 amide bonds. The molecule has 0 heteroatoms. The molecular formula is C32H46. The van der Waals surface area contributed by atoms with Crippen molar-refractivity contribution in [1.82, 2.24) is 0 Å². The first-order valence-corrected chi connectivity index (χ1v) is 13.9. The highest BCUT2D eigenvalue weighted by Crippen LogP contribution is 2.35. The van der Waals surface area contributed by atoms with Crippen LogP contribution in [0.15, 0.2) is 48.5 Å². The molecule has 32 heavy (non-hydrogen) atoms. The highest BCUT2D eigenvalue weighted by molar-refractivity contribution is 5.64.